The molecule has 4 rings (SSSR count). The number of allylic oxidation sites excluding steroid dienone is 1. The van der Waals surface area contributed by atoms with Crippen LogP contribution in [0, 0.1) is 5.82 Å². The number of fused-ring (bicyclic) bond motifs is 1. The molecule has 3 aromatic carbocycles. The highest BCUT2D eigenvalue weighted by Crippen LogP contribution is 2.38. The topological polar surface area (TPSA) is 66.0 Å². The molecule has 0 atom stereocenters. The highest BCUT2D eigenvalue weighted by molar-refractivity contribution is 6.32. The van der Waals surface area contributed by atoms with E-state index in [4.69, 9.17) is 16.7 Å². The zero-order chi connectivity index (χ0) is 22.7. The first-order chi connectivity index (χ1) is 15.5. The largest absolute Gasteiger partial charge is 0.478 e. The third kappa shape index (κ3) is 5.33. The van der Waals surface area contributed by atoms with Gasteiger partial charge in [0.05, 0.1) is 16.7 Å². The lowest BCUT2D eigenvalue weighted by Gasteiger charge is -2.17. The molecule has 0 saturated heterocycles. The number of carboxylic acid groups (broad SMARTS) is 1. The predicted molar refractivity (Wildman–Crippen MR) is 134 cm³/mol. The highest BCUT2D eigenvalue weighted by Gasteiger charge is 2.16. The fraction of sp³-hybridized carbons (Fsp3) is 0.0769. The van der Waals surface area contributed by atoms with Crippen LogP contribution in [0.2, 0.25) is 5.02 Å². The normalized spacial score (nSPS) is 12.0. The molecule has 0 radical (unpaired) electrons. The Hall–Kier alpha value is -3.41. The minimum Gasteiger partial charge on any atom is -0.478 e. The maximum Gasteiger partial charge on any atom is 0.328 e. The molecule has 168 valence electrons. The van der Waals surface area contributed by atoms with Gasteiger partial charge in [-0.15, -0.1) is 12.4 Å². The van der Waals surface area contributed by atoms with Crippen molar-refractivity contribution in [3.05, 3.63) is 106 Å². The van der Waals surface area contributed by atoms with Gasteiger partial charge in [0, 0.05) is 11.5 Å². The molecule has 0 aliphatic carbocycles. The van der Waals surface area contributed by atoms with Gasteiger partial charge in [-0.1, -0.05) is 54.9 Å². The molecular weight excluding hydrogens is 462 g/mol. The Labute approximate surface area is 201 Å². The Bertz CT molecular complexity index is 1360. The molecule has 0 spiro atoms. The molecule has 0 unspecified atom stereocenters. The third-order valence-electron chi connectivity index (χ3n) is 5.26. The van der Waals surface area contributed by atoms with Crippen LogP contribution in [0.1, 0.15) is 35.6 Å². The number of benzene rings is 3. The summed E-state index contributed by atoms with van der Waals surface area (Å²) in [6.45, 7) is 2.04. The van der Waals surface area contributed by atoms with E-state index >= 15 is 0 Å². The number of aromatic amines is 1. The van der Waals surface area contributed by atoms with Crippen molar-refractivity contribution >= 4 is 58.1 Å². The molecule has 2 N–H and O–H groups in total. The zero-order valence-electron chi connectivity index (χ0n) is 17.7. The number of rotatable bonds is 6. The van der Waals surface area contributed by atoms with Crippen molar-refractivity contribution in [2.45, 2.75) is 13.3 Å². The van der Waals surface area contributed by atoms with E-state index in [2.05, 4.69) is 16.3 Å². The summed E-state index contributed by atoms with van der Waals surface area (Å²) in [6, 6.07) is 18.1. The Balaban J connectivity index is 0.00000306. The van der Waals surface area contributed by atoms with Crippen LogP contribution in [0.15, 0.2) is 72.9 Å². The maximum atomic E-state index is 13.7. The molecule has 1 aromatic heterocycles. The third-order valence-corrected chi connectivity index (χ3v) is 5.57. The second-order valence-corrected chi connectivity index (χ2v) is 7.70. The number of nitrogens with one attached hydrogen (secondary N) is 1. The summed E-state index contributed by atoms with van der Waals surface area (Å²) in [5.74, 6) is -1.38. The van der Waals surface area contributed by atoms with E-state index < -0.39 is 5.97 Å². The van der Waals surface area contributed by atoms with Gasteiger partial charge in [0.2, 0.25) is 0 Å². The van der Waals surface area contributed by atoms with Gasteiger partial charge in [-0.25, -0.2) is 9.18 Å². The second-order valence-electron chi connectivity index (χ2n) is 7.30. The first-order valence-corrected chi connectivity index (χ1v) is 10.5. The van der Waals surface area contributed by atoms with Crippen molar-refractivity contribution in [2.75, 3.05) is 0 Å². The lowest BCUT2D eigenvalue weighted by atomic mass is 9.87. The first-order valence-electron chi connectivity index (χ1n) is 10.1. The lowest BCUT2D eigenvalue weighted by Crippen LogP contribution is -1.96. The van der Waals surface area contributed by atoms with Crippen LogP contribution < -0.4 is 0 Å². The molecule has 4 aromatic rings. The maximum absolute atomic E-state index is 13.7. The summed E-state index contributed by atoms with van der Waals surface area (Å²) in [5.41, 5.74) is 6.35. The van der Waals surface area contributed by atoms with Crippen LogP contribution in [0.25, 0.3) is 28.1 Å². The fourth-order valence-electron chi connectivity index (χ4n) is 3.78. The van der Waals surface area contributed by atoms with Gasteiger partial charge in [0.25, 0.3) is 0 Å². The molecule has 0 saturated carbocycles. The van der Waals surface area contributed by atoms with E-state index in [1.165, 1.54) is 12.1 Å². The molecule has 1 heterocycles. The fourth-order valence-corrected chi connectivity index (χ4v) is 4.06. The number of hydrogen-bond donors (Lipinski definition) is 2. The van der Waals surface area contributed by atoms with Gasteiger partial charge >= 0.3 is 5.97 Å². The predicted octanol–water partition coefficient (Wildman–Crippen LogP) is 7.24. The molecule has 0 aliphatic heterocycles. The van der Waals surface area contributed by atoms with Crippen LogP contribution >= 0.6 is 24.0 Å². The van der Waals surface area contributed by atoms with Gasteiger partial charge in [0.15, 0.2) is 0 Å². The van der Waals surface area contributed by atoms with Gasteiger partial charge in [-0.3, -0.25) is 5.10 Å². The van der Waals surface area contributed by atoms with Crippen LogP contribution in [-0.4, -0.2) is 21.3 Å². The number of aliphatic carboxylic acids is 1. The molecular formula is C26H21Cl2FN2O2. The zero-order valence-corrected chi connectivity index (χ0v) is 19.3. The number of H-pyrrole nitrogens is 1. The number of nitrogens with zero attached hydrogens (tertiary/aromatic N) is 1. The van der Waals surface area contributed by atoms with Gasteiger partial charge in [-0.2, -0.15) is 5.10 Å². The molecule has 33 heavy (non-hydrogen) atoms. The van der Waals surface area contributed by atoms with Gasteiger partial charge < -0.3 is 5.11 Å². The van der Waals surface area contributed by atoms with Crippen molar-refractivity contribution in [2.24, 2.45) is 0 Å². The van der Waals surface area contributed by atoms with E-state index in [1.54, 1.807) is 18.3 Å². The molecule has 7 heteroatoms. The van der Waals surface area contributed by atoms with Gasteiger partial charge in [0.1, 0.15) is 5.82 Å². The number of aromatic nitrogens is 2. The second kappa shape index (κ2) is 10.5. The van der Waals surface area contributed by atoms with Gasteiger partial charge in [-0.05, 0) is 70.2 Å². The average Bonchev–Trinajstić information content (AvgIpc) is 3.25. The van der Waals surface area contributed by atoms with E-state index in [-0.39, 0.29) is 18.2 Å². The SMILES string of the molecule is CC/C(=C(/c1ccc(/C=C/C(=O)O)cc1)c1ccc2[nH]ncc2c1)c1ccc(F)cc1Cl.Cl. The summed E-state index contributed by atoms with van der Waals surface area (Å²) < 4.78 is 13.7. The van der Waals surface area contributed by atoms with Crippen LogP contribution in [0.5, 0.6) is 0 Å². The van der Waals surface area contributed by atoms with Crippen molar-refractivity contribution in [1.29, 1.82) is 0 Å². The monoisotopic (exact) mass is 482 g/mol. The summed E-state index contributed by atoms with van der Waals surface area (Å²) in [5, 5.41) is 17.3. The Morgan fingerprint density at radius 3 is 2.48 bits per heavy atom. The van der Waals surface area contributed by atoms with E-state index in [9.17, 15) is 9.18 Å². The van der Waals surface area contributed by atoms with E-state index in [1.807, 2.05) is 43.3 Å². The van der Waals surface area contributed by atoms with Crippen molar-refractivity contribution < 1.29 is 14.3 Å². The number of carboxylic acids is 1. The first kappa shape index (κ1) is 24.2. The minimum atomic E-state index is -0.998. The lowest BCUT2D eigenvalue weighted by molar-refractivity contribution is -0.131. The minimum absolute atomic E-state index is 0. The van der Waals surface area contributed by atoms with E-state index in [0.29, 0.717) is 11.4 Å². The van der Waals surface area contributed by atoms with Crippen LogP contribution in [0.3, 0.4) is 0 Å². The van der Waals surface area contributed by atoms with Crippen LogP contribution in [0.4, 0.5) is 4.39 Å². The number of carbonyl (C=O) groups is 1. The summed E-state index contributed by atoms with van der Waals surface area (Å²) in [4.78, 5) is 10.8. The Morgan fingerprint density at radius 2 is 1.82 bits per heavy atom. The Kier molecular flexibility index (Phi) is 7.69. The van der Waals surface area contributed by atoms with E-state index in [0.717, 1.165) is 50.4 Å². The average molecular weight is 483 g/mol. The molecule has 0 aliphatic rings. The smallest absolute Gasteiger partial charge is 0.328 e. The van der Waals surface area contributed by atoms with Crippen molar-refractivity contribution in [1.82, 2.24) is 10.2 Å². The quantitative estimate of drug-likeness (QED) is 0.224. The van der Waals surface area contributed by atoms with Crippen molar-refractivity contribution in [3.63, 3.8) is 0 Å². The highest BCUT2D eigenvalue weighted by atomic mass is 35.5. The number of halogens is 3. The molecule has 0 fully saturated rings. The van der Waals surface area contributed by atoms with Crippen molar-refractivity contribution in [3.8, 4) is 0 Å². The molecule has 4 nitrogen and oxygen atoms in total. The molecule has 0 amide bonds. The summed E-state index contributed by atoms with van der Waals surface area (Å²) in [6.07, 6.45) is 5.09. The number of hydrogen-bond acceptors (Lipinski definition) is 2. The molecule has 0 bridgehead atoms. The standard InChI is InChI=1S/C26H20ClFN2O2.ClH/c1-2-21(22-10-9-20(28)14-23(22)27)26(18-8-11-24-19(13-18)15-29-30-24)17-6-3-16(4-7-17)5-12-25(31)32;/h3-15H,2H2,1H3,(H,29,30)(H,31,32);1H/b12-5+,26-21+;. The van der Waals surface area contributed by atoms with Crippen LogP contribution in [-0.2, 0) is 4.79 Å². The Morgan fingerprint density at radius 1 is 1.09 bits per heavy atom. The summed E-state index contributed by atoms with van der Waals surface area (Å²) in [7, 11) is 0. The summed E-state index contributed by atoms with van der Waals surface area (Å²) >= 11 is 6.44.